The van der Waals surface area contributed by atoms with E-state index in [1.807, 2.05) is 48.5 Å². The number of carbonyl (C=O) groups is 3. The molecule has 0 unspecified atom stereocenters. The summed E-state index contributed by atoms with van der Waals surface area (Å²) in [6.45, 7) is 1.98. The summed E-state index contributed by atoms with van der Waals surface area (Å²) in [4.78, 5) is 36.5. The number of thioether (sulfide) groups is 1. The standard InChI is InChI=1S/C23H21NO4S/c1-2-28-22(26)14-20(25)15-29-21-11-9-19(10-12-21)24-23(27)18-8-7-16-5-3-4-6-17(16)13-18/h3-13H,2,14-15H2,1H3,(H,24,27). The predicted molar refractivity (Wildman–Crippen MR) is 115 cm³/mol. The van der Waals surface area contributed by atoms with E-state index in [0.29, 0.717) is 11.3 Å². The molecule has 0 saturated heterocycles. The van der Waals surface area contributed by atoms with Gasteiger partial charge in [-0.15, -0.1) is 11.8 Å². The van der Waals surface area contributed by atoms with Gasteiger partial charge in [0, 0.05) is 16.1 Å². The Labute approximate surface area is 173 Å². The lowest BCUT2D eigenvalue weighted by Crippen LogP contribution is -2.12. The average molecular weight is 407 g/mol. The summed E-state index contributed by atoms with van der Waals surface area (Å²) in [5.41, 5.74) is 1.26. The van der Waals surface area contributed by atoms with Gasteiger partial charge >= 0.3 is 5.97 Å². The molecular weight excluding hydrogens is 386 g/mol. The van der Waals surface area contributed by atoms with E-state index in [2.05, 4.69) is 5.32 Å². The third-order valence-corrected chi connectivity index (χ3v) is 5.24. The SMILES string of the molecule is CCOC(=O)CC(=O)CSc1ccc(NC(=O)c2ccc3ccccc3c2)cc1. The van der Waals surface area contributed by atoms with Crippen LogP contribution >= 0.6 is 11.8 Å². The highest BCUT2D eigenvalue weighted by Crippen LogP contribution is 2.22. The Morgan fingerprint density at radius 2 is 1.66 bits per heavy atom. The Morgan fingerprint density at radius 3 is 2.38 bits per heavy atom. The molecule has 0 spiro atoms. The van der Waals surface area contributed by atoms with Gasteiger partial charge in [0.15, 0.2) is 5.78 Å². The first-order chi connectivity index (χ1) is 14.0. The number of Topliss-reactive ketones (excluding diaryl/α,β-unsaturated/α-hetero) is 1. The Kier molecular flexibility index (Phi) is 7.03. The van der Waals surface area contributed by atoms with E-state index in [0.717, 1.165) is 15.7 Å². The van der Waals surface area contributed by atoms with Crippen molar-refractivity contribution in [3.8, 4) is 0 Å². The lowest BCUT2D eigenvalue weighted by Gasteiger charge is -2.08. The molecule has 0 aliphatic carbocycles. The van der Waals surface area contributed by atoms with E-state index < -0.39 is 5.97 Å². The van der Waals surface area contributed by atoms with Crippen LogP contribution in [0.2, 0.25) is 0 Å². The Balaban J connectivity index is 1.55. The molecule has 0 bridgehead atoms. The highest BCUT2D eigenvalue weighted by Gasteiger charge is 2.11. The van der Waals surface area contributed by atoms with E-state index >= 15 is 0 Å². The molecule has 1 N–H and O–H groups in total. The number of hydrogen-bond donors (Lipinski definition) is 1. The van der Waals surface area contributed by atoms with Crippen molar-refractivity contribution < 1.29 is 19.1 Å². The summed E-state index contributed by atoms with van der Waals surface area (Å²) in [5, 5.41) is 4.98. The van der Waals surface area contributed by atoms with Crippen molar-refractivity contribution in [2.24, 2.45) is 0 Å². The van der Waals surface area contributed by atoms with Gasteiger partial charge in [0.1, 0.15) is 6.42 Å². The number of hydrogen-bond acceptors (Lipinski definition) is 5. The molecule has 0 aliphatic heterocycles. The van der Waals surface area contributed by atoms with E-state index in [1.54, 1.807) is 25.1 Å². The number of carbonyl (C=O) groups excluding carboxylic acids is 3. The summed E-state index contributed by atoms with van der Waals surface area (Å²) in [6.07, 6.45) is -0.208. The van der Waals surface area contributed by atoms with Gasteiger partial charge in [-0.3, -0.25) is 14.4 Å². The van der Waals surface area contributed by atoms with Crippen LogP contribution in [0.3, 0.4) is 0 Å². The highest BCUT2D eigenvalue weighted by molar-refractivity contribution is 8.00. The zero-order valence-electron chi connectivity index (χ0n) is 16.0. The van der Waals surface area contributed by atoms with Crippen LogP contribution < -0.4 is 5.32 Å². The molecule has 1 amide bonds. The molecular formula is C23H21NO4S. The Bertz CT molecular complexity index is 1030. The van der Waals surface area contributed by atoms with Gasteiger partial charge in [-0.25, -0.2) is 0 Å². The molecule has 29 heavy (non-hydrogen) atoms. The largest absolute Gasteiger partial charge is 0.466 e. The van der Waals surface area contributed by atoms with Crippen molar-refractivity contribution in [2.45, 2.75) is 18.2 Å². The van der Waals surface area contributed by atoms with Gasteiger partial charge in [0.05, 0.1) is 12.4 Å². The molecule has 0 radical (unpaired) electrons. The normalized spacial score (nSPS) is 10.5. The fourth-order valence-corrected chi connectivity index (χ4v) is 3.51. The van der Waals surface area contributed by atoms with Crippen molar-refractivity contribution in [1.82, 2.24) is 0 Å². The van der Waals surface area contributed by atoms with Gasteiger partial charge in [-0.05, 0) is 54.1 Å². The third-order valence-electron chi connectivity index (χ3n) is 4.17. The highest BCUT2D eigenvalue weighted by atomic mass is 32.2. The molecule has 3 aromatic rings. The molecule has 148 valence electrons. The fraction of sp³-hybridized carbons (Fsp3) is 0.174. The first kappa shape index (κ1) is 20.6. The number of anilines is 1. The zero-order valence-corrected chi connectivity index (χ0v) is 16.8. The first-order valence-electron chi connectivity index (χ1n) is 9.25. The molecule has 3 aromatic carbocycles. The van der Waals surface area contributed by atoms with Crippen LogP contribution in [0.25, 0.3) is 10.8 Å². The number of esters is 1. The van der Waals surface area contributed by atoms with Gasteiger partial charge < -0.3 is 10.1 Å². The quantitative estimate of drug-likeness (QED) is 0.333. The van der Waals surface area contributed by atoms with Gasteiger partial charge in [0.25, 0.3) is 5.91 Å². The number of rotatable bonds is 8. The summed E-state index contributed by atoms with van der Waals surface area (Å²) in [5.74, 6) is -0.658. The van der Waals surface area contributed by atoms with E-state index in [9.17, 15) is 14.4 Å². The molecule has 0 aliphatic rings. The molecule has 0 atom stereocenters. The molecule has 0 aromatic heterocycles. The van der Waals surface area contributed by atoms with Crippen molar-refractivity contribution in [3.63, 3.8) is 0 Å². The molecule has 0 fully saturated rings. The van der Waals surface area contributed by atoms with Gasteiger partial charge in [0.2, 0.25) is 0 Å². The minimum Gasteiger partial charge on any atom is -0.466 e. The fourth-order valence-electron chi connectivity index (χ4n) is 2.76. The van der Waals surface area contributed by atoms with Crippen LogP contribution in [0, 0.1) is 0 Å². The molecule has 6 heteroatoms. The van der Waals surface area contributed by atoms with Crippen molar-refractivity contribution in [1.29, 1.82) is 0 Å². The summed E-state index contributed by atoms with van der Waals surface area (Å²) in [6, 6.07) is 20.7. The Morgan fingerprint density at radius 1 is 0.931 bits per heavy atom. The third kappa shape index (κ3) is 5.93. The van der Waals surface area contributed by atoms with Crippen LogP contribution in [-0.4, -0.2) is 30.0 Å². The van der Waals surface area contributed by atoms with Crippen LogP contribution in [0.5, 0.6) is 0 Å². The first-order valence-corrected chi connectivity index (χ1v) is 10.2. The second kappa shape index (κ2) is 9.89. The maximum absolute atomic E-state index is 12.5. The van der Waals surface area contributed by atoms with Crippen molar-refractivity contribution in [3.05, 3.63) is 72.3 Å². The lowest BCUT2D eigenvalue weighted by molar-refractivity contribution is -0.145. The maximum Gasteiger partial charge on any atom is 0.313 e. The summed E-state index contributed by atoms with van der Waals surface area (Å²) in [7, 11) is 0. The number of nitrogens with one attached hydrogen (secondary N) is 1. The Hall–Kier alpha value is -3.12. The molecule has 5 nitrogen and oxygen atoms in total. The topological polar surface area (TPSA) is 72.5 Å². The van der Waals surface area contributed by atoms with E-state index in [1.165, 1.54) is 11.8 Å². The van der Waals surface area contributed by atoms with E-state index in [4.69, 9.17) is 4.74 Å². The minimum atomic E-state index is -0.496. The smallest absolute Gasteiger partial charge is 0.313 e. The molecule has 0 saturated carbocycles. The summed E-state index contributed by atoms with van der Waals surface area (Å²) < 4.78 is 4.77. The van der Waals surface area contributed by atoms with Crippen LogP contribution in [0.15, 0.2) is 71.6 Å². The average Bonchev–Trinajstić information content (AvgIpc) is 2.73. The monoisotopic (exact) mass is 407 g/mol. The number of fused-ring (bicyclic) bond motifs is 1. The second-order valence-electron chi connectivity index (χ2n) is 6.35. The van der Waals surface area contributed by atoms with Crippen molar-refractivity contribution in [2.75, 3.05) is 17.7 Å². The van der Waals surface area contributed by atoms with Crippen molar-refractivity contribution >= 4 is 45.9 Å². The van der Waals surface area contributed by atoms with Crippen LogP contribution in [-0.2, 0) is 14.3 Å². The lowest BCUT2D eigenvalue weighted by atomic mass is 10.1. The number of benzene rings is 3. The van der Waals surface area contributed by atoms with E-state index in [-0.39, 0.29) is 30.5 Å². The molecule has 0 heterocycles. The second-order valence-corrected chi connectivity index (χ2v) is 7.40. The van der Waals surface area contributed by atoms with Crippen LogP contribution in [0.4, 0.5) is 5.69 Å². The molecule has 3 rings (SSSR count). The number of ketones is 1. The van der Waals surface area contributed by atoms with Crippen LogP contribution in [0.1, 0.15) is 23.7 Å². The predicted octanol–water partition coefficient (Wildman–Crippen LogP) is 4.71. The maximum atomic E-state index is 12.5. The zero-order chi connectivity index (χ0) is 20.6. The summed E-state index contributed by atoms with van der Waals surface area (Å²) >= 11 is 1.34. The van der Waals surface area contributed by atoms with Gasteiger partial charge in [-0.2, -0.15) is 0 Å². The minimum absolute atomic E-state index is 0.179. The number of amides is 1. The number of ether oxygens (including phenoxy) is 1. The van der Waals surface area contributed by atoms with Gasteiger partial charge in [-0.1, -0.05) is 30.3 Å².